The van der Waals surface area contributed by atoms with E-state index in [0.717, 1.165) is 54.1 Å². The highest BCUT2D eigenvalue weighted by molar-refractivity contribution is 5.60. The zero-order chi connectivity index (χ0) is 25.9. The number of ether oxygens (including phenoxy) is 1. The standard InChI is InChI=1S/C34H50N2O/c1-21(2)6-5-7-22(3)28-11-12-29-27-10-8-24-18-26(37-31-13-9-25(35)19-30(31)36)15-17-34(24)16-14-23(32(27)34)20-33(28,29)4/h6,8-10,13,19,22-24,26-29,32H,5,7,11-12,14-18,20,35-36H2,1-4H3. The summed E-state index contributed by atoms with van der Waals surface area (Å²) in [6, 6.07) is 5.67. The molecule has 0 amide bonds. The number of fused-ring (bicyclic) bond motifs is 2. The van der Waals surface area contributed by atoms with E-state index in [-0.39, 0.29) is 6.10 Å². The molecule has 202 valence electrons. The highest BCUT2D eigenvalue weighted by atomic mass is 16.5. The van der Waals surface area contributed by atoms with Crippen LogP contribution in [0.3, 0.4) is 0 Å². The summed E-state index contributed by atoms with van der Waals surface area (Å²) < 4.78 is 6.48. The third-order valence-corrected chi connectivity index (χ3v) is 12.2. The average Bonchev–Trinajstić information content (AvgIpc) is 3.39. The number of allylic oxidation sites excluding steroid dienone is 4. The van der Waals surface area contributed by atoms with Gasteiger partial charge in [0.15, 0.2) is 0 Å². The molecule has 5 aliphatic carbocycles. The quantitative estimate of drug-likeness (QED) is 0.303. The van der Waals surface area contributed by atoms with Crippen LogP contribution in [-0.4, -0.2) is 6.10 Å². The van der Waals surface area contributed by atoms with Gasteiger partial charge in [-0.1, -0.05) is 37.6 Å². The Morgan fingerprint density at radius 2 is 1.92 bits per heavy atom. The van der Waals surface area contributed by atoms with Crippen molar-refractivity contribution in [2.75, 3.05) is 11.5 Å². The Kier molecular flexibility index (Phi) is 6.44. The Labute approximate surface area is 225 Å². The predicted molar refractivity (Wildman–Crippen MR) is 155 cm³/mol. The van der Waals surface area contributed by atoms with E-state index in [4.69, 9.17) is 16.2 Å². The summed E-state index contributed by atoms with van der Waals surface area (Å²) >= 11 is 0. The Balaban J connectivity index is 1.20. The van der Waals surface area contributed by atoms with Crippen molar-refractivity contribution < 1.29 is 4.74 Å². The van der Waals surface area contributed by atoms with Crippen molar-refractivity contribution in [2.45, 2.75) is 98.0 Å². The third kappa shape index (κ3) is 4.14. The monoisotopic (exact) mass is 502 g/mol. The molecule has 10 atom stereocenters. The third-order valence-electron chi connectivity index (χ3n) is 12.2. The van der Waals surface area contributed by atoms with Crippen molar-refractivity contribution in [3.8, 4) is 5.75 Å². The van der Waals surface area contributed by atoms with E-state index < -0.39 is 0 Å². The predicted octanol–water partition coefficient (Wildman–Crippen LogP) is 8.42. The Morgan fingerprint density at radius 3 is 2.70 bits per heavy atom. The number of nitrogens with two attached hydrogens (primary N) is 2. The lowest BCUT2D eigenvalue weighted by Gasteiger charge is -2.59. The average molecular weight is 503 g/mol. The number of hydrogen-bond donors (Lipinski definition) is 2. The van der Waals surface area contributed by atoms with E-state index in [1.807, 2.05) is 18.2 Å². The maximum atomic E-state index is 6.48. The van der Waals surface area contributed by atoms with Gasteiger partial charge >= 0.3 is 0 Å². The highest BCUT2D eigenvalue weighted by Crippen LogP contribution is 2.73. The summed E-state index contributed by atoms with van der Waals surface area (Å²) in [6.45, 7) is 9.77. The molecular weight excluding hydrogens is 452 g/mol. The smallest absolute Gasteiger partial charge is 0.142 e. The molecule has 6 rings (SSSR count). The molecule has 4 saturated carbocycles. The van der Waals surface area contributed by atoms with Crippen molar-refractivity contribution in [1.82, 2.24) is 0 Å². The second-order valence-electron chi connectivity index (χ2n) is 14.3. The van der Waals surface area contributed by atoms with Crippen LogP contribution in [0, 0.1) is 52.3 Å². The lowest BCUT2D eigenvalue weighted by atomic mass is 9.46. The van der Waals surface area contributed by atoms with Crippen LogP contribution in [0.2, 0.25) is 0 Å². The van der Waals surface area contributed by atoms with Gasteiger partial charge in [-0.3, -0.25) is 0 Å². The van der Waals surface area contributed by atoms with E-state index in [1.54, 1.807) is 0 Å². The molecule has 10 unspecified atom stereocenters. The summed E-state index contributed by atoms with van der Waals surface area (Å²) in [7, 11) is 0. The zero-order valence-electron chi connectivity index (χ0n) is 23.7. The molecule has 0 aromatic heterocycles. The van der Waals surface area contributed by atoms with Crippen LogP contribution in [0.5, 0.6) is 5.75 Å². The Bertz CT molecular complexity index is 1070. The van der Waals surface area contributed by atoms with Crippen molar-refractivity contribution in [1.29, 1.82) is 0 Å². The first-order valence-electron chi connectivity index (χ1n) is 15.3. The lowest BCUT2D eigenvalue weighted by molar-refractivity contribution is -0.0858. The topological polar surface area (TPSA) is 61.3 Å². The number of rotatable bonds is 6. The van der Waals surface area contributed by atoms with Gasteiger partial charge in [0.2, 0.25) is 0 Å². The molecule has 37 heavy (non-hydrogen) atoms. The summed E-state index contributed by atoms with van der Waals surface area (Å²) in [5.41, 5.74) is 16.0. The van der Waals surface area contributed by atoms with Crippen LogP contribution in [-0.2, 0) is 0 Å². The maximum absolute atomic E-state index is 6.48. The highest BCUT2D eigenvalue weighted by Gasteiger charge is 2.65. The van der Waals surface area contributed by atoms with E-state index in [9.17, 15) is 0 Å². The molecule has 3 heteroatoms. The second kappa shape index (κ2) is 9.38. The molecule has 5 aliphatic rings. The summed E-state index contributed by atoms with van der Waals surface area (Å²) in [4.78, 5) is 0. The molecule has 1 aromatic rings. The van der Waals surface area contributed by atoms with Crippen molar-refractivity contribution in [3.05, 3.63) is 42.0 Å². The fraction of sp³-hybridized carbons (Fsp3) is 0.706. The minimum Gasteiger partial charge on any atom is -0.488 e. The maximum Gasteiger partial charge on any atom is 0.142 e. The molecular formula is C34H50N2O. The molecule has 1 spiro atoms. The molecule has 4 N–H and O–H groups in total. The largest absolute Gasteiger partial charge is 0.488 e. The van der Waals surface area contributed by atoms with Gasteiger partial charge in [-0.15, -0.1) is 0 Å². The van der Waals surface area contributed by atoms with Crippen LogP contribution in [0.4, 0.5) is 11.4 Å². The first-order valence-corrected chi connectivity index (χ1v) is 15.3. The molecule has 0 bridgehead atoms. The minimum absolute atomic E-state index is 0.258. The van der Waals surface area contributed by atoms with Gasteiger partial charge < -0.3 is 16.2 Å². The van der Waals surface area contributed by atoms with Gasteiger partial charge in [-0.2, -0.15) is 0 Å². The van der Waals surface area contributed by atoms with Crippen LogP contribution in [0.15, 0.2) is 42.0 Å². The van der Waals surface area contributed by atoms with E-state index in [2.05, 4.69) is 45.9 Å². The Hall–Kier alpha value is -1.90. The lowest BCUT2D eigenvalue weighted by Crippen LogP contribution is -2.53. The van der Waals surface area contributed by atoms with E-state index >= 15 is 0 Å². The van der Waals surface area contributed by atoms with E-state index in [0.29, 0.717) is 28.1 Å². The molecule has 0 radical (unpaired) electrons. The SMILES string of the molecule is CC(C)=CCCC(C)C1CCC2C3C=CC4CC(Oc5ccc(N)cc5N)CCC45CCC(CC12C)C35. The van der Waals surface area contributed by atoms with Gasteiger partial charge in [0.25, 0.3) is 0 Å². The minimum atomic E-state index is 0.258. The Morgan fingerprint density at radius 1 is 1.11 bits per heavy atom. The van der Waals surface area contributed by atoms with Gasteiger partial charge in [-0.25, -0.2) is 0 Å². The van der Waals surface area contributed by atoms with Crippen LogP contribution in [0.1, 0.15) is 91.9 Å². The summed E-state index contributed by atoms with van der Waals surface area (Å²) in [5, 5.41) is 0. The molecule has 0 aliphatic heterocycles. The normalized spacial score (nSPS) is 42.4. The first kappa shape index (κ1) is 25.4. The summed E-state index contributed by atoms with van der Waals surface area (Å²) in [6.07, 6.45) is 21.6. The molecule has 1 aromatic carbocycles. The van der Waals surface area contributed by atoms with Gasteiger partial charge in [0.1, 0.15) is 5.75 Å². The van der Waals surface area contributed by atoms with Gasteiger partial charge in [-0.05, 0) is 149 Å². The first-order chi connectivity index (χ1) is 17.7. The van der Waals surface area contributed by atoms with Gasteiger partial charge in [0, 0.05) is 5.69 Å². The van der Waals surface area contributed by atoms with Crippen LogP contribution in [0.25, 0.3) is 0 Å². The second-order valence-corrected chi connectivity index (χ2v) is 14.3. The molecule has 0 saturated heterocycles. The fourth-order valence-corrected chi connectivity index (χ4v) is 10.7. The van der Waals surface area contributed by atoms with Crippen LogP contribution >= 0.6 is 0 Å². The molecule has 4 fully saturated rings. The van der Waals surface area contributed by atoms with Gasteiger partial charge in [0.05, 0.1) is 11.8 Å². The number of nitrogen functional groups attached to an aromatic ring is 2. The molecule has 3 nitrogen and oxygen atoms in total. The van der Waals surface area contributed by atoms with E-state index in [1.165, 1.54) is 56.9 Å². The number of hydrogen-bond acceptors (Lipinski definition) is 3. The van der Waals surface area contributed by atoms with Crippen molar-refractivity contribution in [3.63, 3.8) is 0 Å². The van der Waals surface area contributed by atoms with Crippen molar-refractivity contribution >= 4 is 11.4 Å². The number of anilines is 2. The van der Waals surface area contributed by atoms with Crippen molar-refractivity contribution in [2.24, 2.45) is 52.3 Å². The fourth-order valence-electron chi connectivity index (χ4n) is 10.7. The molecule has 0 heterocycles. The number of benzene rings is 1. The summed E-state index contributed by atoms with van der Waals surface area (Å²) in [5.74, 6) is 6.74. The zero-order valence-corrected chi connectivity index (χ0v) is 23.7. The van der Waals surface area contributed by atoms with Crippen LogP contribution < -0.4 is 16.2 Å².